The van der Waals surface area contributed by atoms with Crippen molar-refractivity contribution in [3.63, 3.8) is 0 Å². The molecule has 0 spiro atoms. The van der Waals surface area contributed by atoms with Crippen molar-refractivity contribution in [3.05, 3.63) is 52.0 Å². The van der Waals surface area contributed by atoms with Crippen LogP contribution < -0.4 is 14.8 Å². The van der Waals surface area contributed by atoms with Crippen LogP contribution in [0.25, 0.3) is 0 Å². The average Bonchev–Trinajstić information content (AvgIpc) is 2.78. The molecule has 2 aromatic carbocycles. The lowest BCUT2D eigenvalue weighted by atomic mass is 9.97. The molecule has 31 heavy (non-hydrogen) atoms. The third-order valence-electron chi connectivity index (χ3n) is 5.27. The van der Waals surface area contributed by atoms with Gasteiger partial charge in [0, 0.05) is 36.1 Å². The van der Waals surface area contributed by atoms with E-state index in [-0.39, 0.29) is 41.4 Å². The van der Waals surface area contributed by atoms with E-state index in [0.29, 0.717) is 29.4 Å². The zero-order valence-electron chi connectivity index (χ0n) is 17.2. The summed E-state index contributed by atoms with van der Waals surface area (Å²) in [5.74, 6) is 0.762. The van der Waals surface area contributed by atoms with Crippen LogP contribution in [-0.4, -0.2) is 45.9 Å². The van der Waals surface area contributed by atoms with Gasteiger partial charge < -0.3 is 14.8 Å². The van der Waals surface area contributed by atoms with E-state index in [1.807, 2.05) is 12.1 Å². The van der Waals surface area contributed by atoms with Gasteiger partial charge in [-0.15, -0.1) is 0 Å². The fourth-order valence-electron chi connectivity index (χ4n) is 3.59. The Hall–Kier alpha value is -2.00. The van der Waals surface area contributed by atoms with Crippen molar-refractivity contribution in [1.29, 1.82) is 0 Å². The molecule has 1 aliphatic heterocycles. The fourth-order valence-corrected chi connectivity index (χ4v) is 5.80. The lowest BCUT2D eigenvalue weighted by Gasteiger charge is -2.30. The van der Waals surface area contributed by atoms with Crippen molar-refractivity contribution >= 4 is 39.1 Å². The van der Waals surface area contributed by atoms with Crippen LogP contribution in [0, 0.1) is 5.92 Å². The first-order valence-electron chi connectivity index (χ1n) is 9.70. The predicted octanol–water partition coefficient (Wildman–Crippen LogP) is 3.73. The van der Waals surface area contributed by atoms with Gasteiger partial charge in [-0.3, -0.25) is 4.79 Å². The van der Waals surface area contributed by atoms with Crippen LogP contribution >= 0.6 is 23.2 Å². The highest BCUT2D eigenvalue weighted by Gasteiger charge is 2.33. The van der Waals surface area contributed by atoms with Gasteiger partial charge in [-0.1, -0.05) is 35.3 Å². The second-order valence-corrected chi connectivity index (χ2v) is 9.87. The van der Waals surface area contributed by atoms with Gasteiger partial charge in [-0.05, 0) is 37.1 Å². The molecule has 3 rings (SSSR count). The number of ether oxygens (including phenoxy) is 2. The number of piperidine rings is 1. The molecule has 0 aromatic heterocycles. The molecule has 1 amide bonds. The Bertz CT molecular complexity index is 1050. The molecule has 1 aliphatic rings. The van der Waals surface area contributed by atoms with E-state index in [2.05, 4.69) is 5.32 Å². The Balaban J connectivity index is 1.61. The number of hydrogen-bond acceptors (Lipinski definition) is 5. The number of sulfonamides is 1. The summed E-state index contributed by atoms with van der Waals surface area (Å²) in [5, 5.41) is 3.33. The van der Waals surface area contributed by atoms with Crippen molar-refractivity contribution in [2.45, 2.75) is 24.3 Å². The molecule has 0 saturated carbocycles. The van der Waals surface area contributed by atoms with Crippen LogP contribution in [0.5, 0.6) is 11.5 Å². The van der Waals surface area contributed by atoms with Crippen LogP contribution in [0.4, 0.5) is 0 Å². The zero-order valence-corrected chi connectivity index (χ0v) is 19.6. The number of amides is 1. The maximum atomic E-state index is 12.9. The molecular weight excluding hydrogens is 463 g/mol. The summed E-state index contributed by atoms with van der Waals surface area (Å²) in [6.45, 7) is 0.743. The summed E-state index contributed by atoms with van der Waals surface area (Å²) in [5.41, 5.74) is 0.797. The summed E-state index contributed by atoms with van der Waals surface area (Å²) in [7, 11) is -0.680. The molecular formula is C21H24Cl2N2O5S. The highest BCUT2D eigenvalue weighted by atomic mass is 35.5. The smallest absolute Gasteiger partial charge is 0.244 e. The molecule has 7 nitrogen and oxygen atoms in total. The maximum Gasteiger partial charge on any atom is 0.244 e. The Morgan fingerprint density at radius 3 is 2.48 bits per heavy atom. The molecule has 168 valence electrons. The van der Waals surface area contributed by atoms with Crippen molar-refractivity contribution < 1.29 is 22.7 Å². The summed E-state index contributed by atoms with van der Waals surface area (Å²) in [4.78, 5) is 12.6. The number of carbonyl (C=O) groups excluding carboxylic acids is 1. The van der Waals surface area contributed by atoms with Crippen LogP contribution in [0.2, 0.25) is 10.0 Å². The third kappa shape index (κ3) is 5.26. The number of hydrogen-bond donors (Lipinski definition) is 1. The summed E-state index contributed by atoms with van der Waals surface area (Å²) in [6.07, 6.45) is 0.830. The Labute approximate surface area is 192 Å². The maximum absolute atomic E-state index is 12.9. The first kappa shape index (κ1) is 23.7. The quantitative estimate of drug-likeness (QED) is 0.644. The van der Waals surface area contributed by atoms with Crippen molar-refractivity contribution in [2.75, 3.05) is 27.3 Å². The minimum Gasteiger partial charge on any atom is -0.493 e. The number of rotatable bonds is 7. The average molecular weight is 487 g/mol. The second kappa shape index (κ2) is 10.1. The van der Waals surface area contributed by atoms with Gasteiger partial charge in [0.2, 0.25) is 15.9 Å². The number of methoxy groups -OCH3 is 2. The molecule has 10 heteroatoms. The lowest BCUT2D eigenvalue weighted by Crippen LogP contribution is -2.42. The highest BCUT2D eigenvalue weighted by molar-refractivity contribution is 7.89. The van der Waals surface area contributed by atoms with Crippen LogP contribution in [-0.2, 0) is 21.4 Å². The summed E-state index contributed by atoms with van der Waals surface area (Å²) >= 11 is 12.0. The first-order valence-corrected chi connectivity index (χ1v) is 11.9. The van der Waals surface area contributed by atoms with Gasteiger partial charge in [0.15, 0.2) is 11.5 Å². The zero-order chi connectivity index (χ0) is 22.6. The van der Waals surface area contributed by atoms with Gasteiger partial charge in [-0.2, -0.15) is 4.31 Å². The first-order chi connectivity index (χ1) is 14.8. The Morgan fingerprint density at radius 1 is 1.13 bits per heavy atom. The van der Waals surface area contributed by atoms with Crippen molar-refractivity contribution in [3.8, 4) is 11.5 Å². The number of benzene rings is 2. The minimum absolute atomic E-state index is 0.0188. The molecule has 0 atom stereocenters. The Kier molecular flexibility index (Phi) is 7.69. The molecule has 1 fully saturated rings. The predicted molar refractivity (Wildman–Crippen MR) is 119 cm³/mol. The molecule has 0 unspecified atom stereocenters. The van der Waals surface area contributed by atoms with E-state index in [1.54, 1.807) is 20.3 Å². The molecule has 0 aliphatic carbocycles. The summed E-state index contributed by atoms with van der Waals surface area (Å²) in [6, 6.07) is 9.81. The number of nitrogens with one attached hydrogen (secondary N) is 1. The van der Waals surface area contributed by atoms with Gasteiger partial charge in [0.05, 0.1) is 19.2 Å². The second-order valence-electron chi connectivity index (χ2n) is 7.12. The molecule has 2 aromatic rings. The molecule has 0 bridgehead atoms. The van der Waals surface area contributed by atoms with Gasteiger partial charge in [-0.25, -0.2) is 8.42 Å². The topological polar surface area (TPSA) is 84.9 Å². The molecule has 1 heterocycles. The van der Waals surface area contributed by atoms with Crippen LogP contribution in [0.1, 0.15) is 18.4 Å². The number of halogens is 2. The monoisotopic (exact) mass is 486 g/mol. The van der Waals surface area contributed by atoms with E-state index in [4.69, 9.17) is 32.7 Å². The summed E-state index contributed by atoms with van der Waals surface area (Å²) < 4.78 is 37.9. The van der Waals surface area contributed by atoms with E-state index >= 15 is 0 Å². The van der Waals surface area contributed by atoms with E-state index < -0.39 is 10.0 Å². The number of carbonyl (C=O) groups is 1. The lowest BCUT2D eigenvalue weighted by molar-refractivity contribution is -0.126. The normalized spacial score (nSPS) is 15.5. The SMILES string of the molecule is COc1cccc(CNC(=O)C2CCN(S(=O)(=O)c3cc(Cl)ccc3Cl)CC2)c1OC. The van der Waals surface area contributed by atoms with Crippen molar-refractivity contribution in [1.82, 2.24) is 9.62 Å². The number of nitrogens with zero attached hydrogens (tertiary/aromatic N) is 1. The molecule has 0 radical (unpaired) electrons. The van der Waals surface area contributed by atoms with E-state index in [1.165, 1.54) is 22.5 Å². The number of para-hydroxylation sites is 1. The van der Waals surface area contributed by atoms with Crippen molar-refractivity contribution in [2.24, 2.45) is 5.92 Å². The third-order valence-corrected chi connectivity index (χ3v) is 7.89. The van der Waals surface area contributed by atoms with E-state index in [9.17, 15) is 13.2 Å². The van der Waals surface area contributed by atoms with Crippen LogP contribution in [0.15, 0.2) is 41.3 Å². The fraction of sp³-hybridized carbons (Fsp3) is 0.381. The van der Waals surface area contributed by atoms with E-state index in [0.717, 1.165) is 5.56 Å². The standard InChI is InChI=1S/C21H24Cl2N2O5S/c1-29-18-5-3-4-15(20(18)30-2)13-24-21(26)14-8-10-25(11-9-14)31(27,28)19-12-16(22)6-7-17(19)23/h3-7,12,14H,8-11,13H2,1-2H3,(H,24,26). The van der Waals surface area contributed by atoms with Crippen LogP contribution in [0.3, 0.4) is 0 Å². The minimum atomic E-state index is -3.78. The van der Waals surface area contributed by atoms with Gasteiger partial charge >= 0.3 is 0 Å². The van der Waals surface area contributed by atoms with Gasteiger partial charge in [0.25, 0.3) is 0 Å². The van der Waals surface area contributed by atoms with Gasteiger partial charge in [0.1, 0.15) is 4.90 Å². The highest BCUT2D eigenvalue weighted by Crippen LogP contribution is 2.32. The largest absolute Gasteiger partial charge is 0.493 e. The molecule has 1 saturated heterocycles. The Morgan fingerprint density at radius 2 is 1.84 bits per heavy atom. The molecule has 1 N–H and O–H groups in total.